The number of amides is 1. The summed E-state index contributed by atoms with van der Waals surface area (Å²) in [5.74, 6) is 1.09. The molecule has 5 rings (SSSR count). The molecular weight excluding hydrogens is 393 g/mol. The molecule has 31 heavy (non-hydrogen) atoms. The predicted octanol–water partition coefficient (Wildman–Crippen LogP) is 1.37. The first-order valence-electron chi connectivity index (χ1n) is 11.5. The summed E-state index contributed by atoms with van der Waals surface area (Å²) in [6.45, 7) is 9.64. The monoisotopic (exact) mass is 427 g/mol. The van der Waals surface area contributed by atoms with E-state index < -0.39 is 18.3 Å². The van der Waals surface area contributed by atoms with Crippen LogP contribution in [0.3, 0.4) is 0 Å². The van der Waals surface area contributed by atoms with Crippen molar-refractivity contribution in [3.8, 4) is 0 Å². The third-order valence-corrected chi connectivity index (χ3v) is 7.83. The van der Waals surface area contributed by atoms with Crippen LogP contribution in [0.15, 0.2) is 12.3 Å². The average molecular weight is 427 g/mol. The molecule has 0 aromatic carbocycles. The number of carbonyl (C=O) groups is 1. The number of rotatable bonds is 4. The van der Waals surface area contributed by atoms with Crippen LogP contribution in [-0.4, -0.2) is 76.8 Å². The fourth-order valence-corrected chi connectivity index (χ4v) is 5.11. The first-order chi connectivity index (χ1) is 14.6. The zero-order chi connectivity index (χ0) is 22.1. The van der Waals surface area contributed by atoms with Gasteiger partial charge in [-0.2, -0.15) is 0 Å². The van der Waals surface area contributed by atoms with E-state index in [1.54, 1.807) is 0 Å². The lowest BCUT2D eigenvalue weighted by Crippen LogP contribution is -2.57. The molecule has 9 heteroatoms. The highest BCUT2D eigenvalue weighted by atomic mass is 16.7. The molecule has 2 atom stereocenters. The minimum Gasteiger partial charge on any atom is -0.399 e. The maximum absolute atomic E-state index is 12.7. The van der Waals surface area contributed by atoms with Gasteiger partial charge in [0.25, 0.3) is 0 Å². The number of nitrogens with one attached hydrogen (secondary N) is 2. The zero-order valence-electron chi connectivity index (χ0n) is 19.3. The molecule has 2 N–H and O–H groups in total. The molecule has 1 aromatic rings. The van der Waals surface area contributed by atoms with Crippen molar-refractivity contribution < 1.29 is 14.1 Å². The van der Waals surface area contributed by atoms with Gasteiger partial charge in [-0.05, 0) is 59.4 Å². The Morgan fingerprint density at radius 2 is 1.68 bits per heavy atom. The van der Waals surface area contributed by atoms with Crippen LogP contribution in [0.5, 0.6) is 0 Å². The van der Waals surface area contributed by atoms with Crippen molar-refractivity contribution in [1.82, 2.24) is 14.5 Å². The molecule has 8 nitrogen and oxygen atoms in total. The highest BCUT2D eigenvalue weighted by Gasteiger charge is 2.52. The van der Waals surface area contributed by atoms with Gasteiger partial charge in [-0.15, -0.1) is 0 Å². The van der Waals surface area contributed by atoms with E-state index >= 15 is 0 Å². The molecule has 1 saturated carbocycles. The normalized spacial score (nSPS) is 28.9. The van der Waals surface area contributed by atoms with Gasteiger partial charge in [-0.25, -0.2) is 0 Å². The maximum atomic E-state index is 12.7. The second-order valence-electron chi connectivity index (χ2n) is 10.5. The van der Waals surface area contributed by atoms with Gasteiger partial charge in [0.2, 0.25) is 5.91 Å². The largest absolute Gasteiger partial charge is 0.496 e. The van der Waals surface area contributed by atoms with Crippen LogP contribution < -0.4 is 10.9 Å². The Hall–Kier alpha value is -2.00. The maximum Gasteiger partial charge on any atom is 0.496 e. The second-order valence-corrected chi connectivity index (χ2v) is 10.5. The van der Waals surface area contributed by atoms with Crippen LogP contribution in [0.1, 0.15) is 59.1 Å². The Balaban J connectivity index is 1.34. The van der Waals surface area contributed by atoms with E-state index in [0.29, 0.717) is 11.7 Å². The number of carbonyl (C=O) groups excluding carboxylic acids is 1. The molecule has 0 radical (unpaired) electrons. The quantitative estimate of drug-likeness (QED) is 0.431. The summed E-state index contributed by atoms with van der Waals surface area (Å²) in [6, 6.07) is 2.45. The summed E-state index contributed by atoms with van der Waals surface area (Å²) in [6.07, 6.45) is 6.13. The van der Waals surface area contributed by atoms with Crippen molar-refractivity contribution in [3.05, 3.63) is 18.0 Å². The molecule has 168 valence electrons. The van der Waals surface area contributed by atoms with E-state index in [0.717, 1.165) is 49.9 Å². The minimum absolute atomic E-state index is 0.229. The summed E-state index contributed by atoms with van der Waals surface area (Å²) in [4.78, 5) is 17.0. The van der Waals surface area contributed by atoms with Crippen LogP contribution in [-0.2, 0) is 14.1 Å². The highest BCUT2D eigenvalue weighted by Crippen LogP contribution is 2.39. The molecular formula is C22H34BN5O3. The Morgan fingerprint density at radius 1 is 1.10 bits per heavy atom. The first-order valence-corrected chi connectivity index (χ1v) is 11.5. The number of fused-ring (bicyclic) bond motifs is 2. The van der Waals surface area contributed by atoms with Crippen molar-refractivity contribution in [1.29, 1.82) is 5.41 Å². The summed E-state index contributed by atoms with van der Waals surface area (Å²) in [5.41, 5.74) is 4.04. The SMILES string of the molecule is CNn1cc(B2OC(C)(C)C(C)(C)O2)cc1C(=N)N1CC2CCC(C1)N2C(=O)C1CC1. The van der Waals surface area contributed by atoms with Gasteiger partial charge in [-0.3, -0.25) is 14.9 Å². The molecule has 3 saturated heterocycles. The second kappa shape index (κ2) is 7.00. The molecule has 1 aliphatic carbocycles. The third kappa shape index (κ3) is 3.37. The smallest absolute Gasteiger partial charge is 0.399 e. The Bertz CT molecular complexity index is 879. The number of piperazine rings is 1. The predicted molar refractivity (Wildman–Crippen MR) is 120 cm³/mol. The van der Waals surface area contributed by atoms with Crippen LogP contribution in [0.2, 0.25) is 0 Å². The number of amidine groups is 1. The summed E-state index contributed by atoms with van der Waals surface area (Å²) < 4.78 is 14.3. The van der Waals surface area contributed by atoms with Gasteiger partial charge in [0.05, 0.1) is 11.2 Å². The van der Waals surface area contributed by atoms with E-state index in [-0.39, 0.29) is 18.0 Å². The van der Waals surface area contributed by atoms with Crippen molar-refractivity contribution in [3.63, 3.8) is 0 Å². The topological polar surface area (TPSA) is 82.8 Å². The first kappa shape index (κ1) is 20.9. The van der Waals surface area contributed by atoms with Crippen molar-refractivity contribution in [2.24, 2.45) is 5.92 Å². The number of hydrogen-bond donors (Lipinski definition) is 2. The number of hydrogen-bond acceptors (Lipinski definition) is 5. The Labute approximate surface area is 184 Å². The third-order valence-electron chi connectivity index (χ3n) is 7.83. The fraction of sp³-hybridized carbons (Fsp3) is 0.727. The molecule has 2 unspecified atom stereocenters. The van der Waals surface area contributed by atoms with Gasteiger partial charge in [0, 0.05) is 49.8 Å². The molecule has 4 aliphatic rings. The van der Waals surface area contributed by atoms with Crippen molar-refractivity contribution >= 4 is 24.3 Å². The van der Waals surface area contributed by atoms with Gasteiger partial charge in [0.15, 0.2) is 0 Å². The van der Waals surface area contributed by atoms with Gasteiger partial charge >= 0.3 is 7.12 Å². The number of aromatic nitrogens is 1. The van der Waals surface area contributed by atoms with Gasteiger partial charge < -0.3 is 24.5 Å². The summed E-state index contributed by atoms with van der Waals surface area (Å²) in [5, 5.41) is 8.97. The Kier molecular flexibility index (Phi) is 4.72. The molecule has 1 aromatic heterocycles. The lowest BCUT2D eigenvalue weighted by molar-refractivity contribution is -0.137. The molecule has 2 bridgehead atoms. The van der Waals surface area contributed by atoms with E-state index in [1.807, 2.05) is 51.7 Å². The van der Waals surface area contributed by atoms with E-state index in [9.17, 15) is 4.79 Å². The van der Waals surface area contributed by atoms with E-state index in [4.69, 9.17) is 14.7 Å². The molecule has 0 spiro atoms. The summed E-state index contributed by atoms with van der Waals surface area (Å²) >= 11 is 0. The summed E-state index contributed by atoms with van der Waals surface area (Å²) in [7, 11) is 1.39. The Morgan fingerprint density at radius 3 is 2.19 bits per heavy atom. The molecule has 3 aliphatic heterocycles. The lowest BCUT2D eigenvalue weighted by Gasteiger charge is -2.42. The minimum atomic E-state index is -0.463. The van der Waals surface area contributed by atoms with E-state index in [1.165, 1.54) is 0 Å². The average Bonchev–Trinajstić information content (AvgIpc) is 3.36. The lowest BCUT2D eigenvalue weighted by atomic mass is 9.81. The van der Waals surface area contributed by atoms with E-state index in [2.05, 4.69) is 15.2 Å². The van der Waals surface area contributed by atoms with Crippen LogP contribution in [0.4, 0.5) is 0 Å². The highest BCUT2D eigenvalue weighted by molar-refractivity contribution is 6.62. The van der Waals surface area contributed by atoms with Crippen LogP contribution in [0, 0.1) is 11.3 Å². The molecule has 1 amide bonds. The van der Waals surface area contributed by atoms with Crippen LogP contribution in [0.25, 0.3) is 0 Å². The van der Waals surface area contributed by atoms with Crippen molar-refractivity contribution in [2.75, 3.05) is 25.6 Å². The van der Waals surface area contributed by atoms with Crippen LogP contribution >= 0.6 is 0 Å². The molecule has 4 heterocycles. The van der Waals surface area contributed by atoms with Gasteiger partial charge in [-0.1, -0.05) is 0 Å². The standard InChI is InChI=1S/C22H34BN5O3/c1-21(2)22(3,4)31-23(30-21)15-10-18(27(11-15)25-5)19(24)26-12-16-8-9-17(13-26)28(16)20(29)14-6-7-14/h10-11,14,16-17,24-25H,6-9,12-13H2,1-5H3. The number of nitrogens with zero attached hydrogens (tertiary/aromatic N) is 3. The van der Waals surface area contributed by atoms with Crippen molar-refractivity contribution in [2.45, 2.75) is 76.7 Å². The number of likely N-dealkylation sites (tertiary alicyclic amines) is 1. The fourth-order valence-electron chi connectivity index (χ4n) is 5.11. The van der Waals surface area contributed by atoms with Gasteiger partial charge in [0.1, 0.15) is 11.5 Å². The molecule has 4 fully saturated rings. The zero-order valence-corrected chi connectivity index (χ0v) is 19.3.